The fourth-order valence-corrected chi connectivity index (χ4v) is 4.27. The topological polar surface area (TPSA) is 96.5 Å². The van der Waals surface area contributed by atoms with Crippen LogP contribution in [0.25, 0.3) is 0 Å². The van der Waals surface area contributed by atoms with Gasteiger partial charge in [-0.2, -0.15) is 0 Å². The lowest BCUT2D eigenvalue weighted by Gasteiger charge is -2.31. The summed E-state index contributed by atoms with van der Waals surface area (Å²) in [6.07, 6.45) is 2.56. The molecular formula is C22H28ClN5O3S. The molecule has 1 aromatic heterocycles. The molecule has 1 aromatic carbocycles. The van der Waals surface area contributed by atoms with Gasteiger partial charge in [0.05, 0.1) is 17.9 Å². The van der Waals surface area contributed by atoms with Gasteiger partial charge in [-0.05, 0) is 49.6 Å². The number of hydrogen-bond donors (Lipinski definition) is 2. The molecule has 10 heteroatoms. The number of thioether (sulfide) groups is 1. The second-order valence-electron chi connectivity index (χ2n) is 7.47. The summed E-state index contributed by atoms with van der Waals surface area (Å²) < 4.78 is 5.11. The number of hydrogen-bond acceptors (Lipinski definition) is 7. The molecule has 1 aliphatic heterocycles. The zero-order valence-corrected chi connectivity index (χ0v) is 19.8. The first-order chi connectivity index (χ1) is 15.5. The molecular weight excluding hydrogens is 450 g/mol. The van der Waals surface area contributed by atoms with Crippen molar-refractivity contribution in [3.8, 4) is 5.75 Å². The maximum Gasteiger partial charge on any atom is 0.234 e. The summed E-state index contributed by atoms with van der Waals surface area (Å²) >= 11 is 7.40. The first-order valence-electron chi connectivity index (χ1n) is 10.6. The molecule has 8 nitrogen and oxygen atoms in total. The average Bonchev–Trinajstić information content (AvgIpc) is 2.82. The van der Waals surface area contributed by atoms with Crippen LogP contribution in [0, 0.1) is 5.92 Å². The third-order valence-electron chi connectivity index (χ3n) is 5.15. The Kier molecular flexibility index (Phi) is 8.99. The molecule has 0 atom stereocenters. The molecule has 32 heavy (non-hydrogen) atoms. The Labute approximate surface area is 197 Å². The summed E-state index contributed by atoms with van der Waals surface area (Å²) in [5.41, 5.74) is 0.606. The quantitative estimate of drug-likeness (QED) is 0.532. The van der Waals surface area contributed by atoms with Crippen molar-refractivity contribution < 1.29 is 14.3 Å². The van der Waals surface area contributed by atoms with Crippen LogP contribution in [0.5, 0.6) is 5.75 Å². The number of ether oxygens (including phenoxy) is 1. The van der Waals surface area contributed by atoms with Gasteiger partial charge >= 0.3 is 0 Å². The fourth-order valence-electron chi connectivity index (χ4n) is 3.40. The summed E-state index contributed by atoms with van der Waals surface area (Å²) in [4.78, 5) is 26.5. The van der Waals surface area contributed by atoms with Crippen molar-refractivity contribution in [2.45, 2.75) is 31.2 Å². The summed E-state index contributed by atoms with van der Waals surface area (Å²) in [5.74, 6) is 1.61. The van der Waals surface area contributed by atoms with E-state index in [0.29, 0.717) is 21.5 Å². The number of halogens is 1. The number of carbonyl (C=O) groups is 2. The number of amides is 2. The Balaban J connectivity index is 1.44. The highest BCUT2D eigenvalue weighted by Gasteiger charge is 2.25. The smallest absolute Gasteiger partial charge is 0.234 e. The van der Waals surface area contributed by atoms with Gasteiger partial charge < -0.3 is 20.3 Å². The summed E-state index contributed by atoms with van der Waals surface area (Å²) in [6, 6.07) is 8.86. The molecule has 2 heterocycles. The van der Waals surface area contributed by atoms with Crippen molar-refractivity contribution >= 4 is 46.7 Å². The Morgan fingerprint density at radius 1 is 1.22 bits per heavy atom. The predicted molar refractivity (Wildman–Crippen MR) is 128 cm³/mol. The van der Waals surface area contributed by atoms with Gasteiger partial charge in [0.1, 0.15) is 10.8 Å². The molecule has 172 valence electrons. The van der Waals surface area contributed by atoms with E-state index in [-0.39, 0.29) is 23.5 Å². The molecule has 2 amide bonds. The van der Waals surface area contributed by atoms with Crippen molar-refractivity contribution in [1.29, 1.82) is 0 Å². The summed E-state index contributed by atoms with van der Waals surface area (Å²) in [5, 5.41) is 15.4. The Morgan fingerprint density at radius 2 is 2.00 bits per heavy atom. The van der Waals surface area contributed by atoms with Gasteiger partial charge in [0.25, 0.3) is 0 Å². The van der Waals surface area contributed by atoms with Crippen LogP contribution < -0.4 is 20.3 Å². The molecule has 0 unspecified atom stereocenters. The minimum Gasteiger partial charge on any atom is -0.495 e. The van der Waals surface area contributed by atoms with E-state index in [1.807, 2.05) is 19.1 Å². The molecule has 1 fully saturated rings. The number of aromatic nitrogens is 2. The lowest BCUT2D eigenvalue weighted by atomic mass is 9.96. The van der Waals surface area contributed by atoms with Gasteiger partial charge in [0.15, 0.2) is 5.82 Å². The second-order valence-corrected chi connectivity index (χ2v) is 8.87. The van der Waals surface area contributed by atoms with E-state index in [1.54, 1.807) is 18.2 Å². The highest BCUT2D eigenvalue weighted by atomic mass is 35.5. The molecule has 2 N–H and O–H groups in total. The van der Waals surface area contributed by atoms with Gasteiger partial charge in [0, 0.05) is 31.2 Å². The summed E-state index contributed by atoms with van der Waals surface area (Å²) in [6.45, 7) is 4.33. The van der Waals surface area contributed by atoms with E-state index in [0.717, 1.165) is 44.7 Å². The maximum absolute atomic E-state index is 12.2. The minimum atomic E-state index is -0.162. The zero-order chi connectivity index (χ0) is 22.9. The number of nitrogens with one attached hydrogen (secondary N) is 2. The van der Waals surface area contributed by atoms with Crippen molar-refractivity contribution in [2.75, 3.05) is 42.7 Å². The number of piperidine rings is 1. The number of methoxy groups -OCH3 is 1. The van der Waals surface area contributed by atoms with Crippen molar-refractivity contribution in [3.63, 3.8) is 0 Å². The van der Waals surface area contributed by atoms with Gasteiger partial charge in [-0.3, -0.25) is 9.59 Å². The van der Waals surface area contributed by atoms with E-state index in [4.69, 9.17) is 16.3 Å². The van der Waals surface area contributed by atoms with Gasteiger partial charge in [-0.15, -0.1) is 10.2 Å². The van der Waals surface area contributed by atoms with Crippen molar-refractivity contribution in [3.05, 3.63) is 35.4 Å². The van der Waals surface area contributed by atoms with E-state index in [2.05, 4.69) is 25.7 Å². The number of rotatable bonds is 9. The molecule has 0 radical (unpaired) electrons. The van der Waals surface area contributed by atoms with Crippen LogP contribution in [0.3, 0.4) is 0 Å². The average molecular weight is 478 g/mol. The third kappa shape index (κ3) is 6.74. The molecule has 0 spiro atoms. The normalized spacial score (nSPS) is 14.2. The van der Waals surface area contributed by atoms with Crippen LogP contribution in [-0.2, 0) is 9.59 Å². The van der Waals surface area contributed by atoms with Crippen molar-refractivity contribution in [1.82, 2.24) is 15.5 Å². The van der Waals surface area contributed by atoms with Crippen LogP contribution in [-0.4, -0.2) is 54.5 Å². The van der Waals surface area contributed by atoms with Gasteiger partial charge in [-0.1, -0.05) is 30.3 Å². The monoisotopic (exact) mass is 477 g/mol. The number of carbonyl (C=O) groups excluding carboxylic acids is 2. The largest absolute Gasteiger partial charge is 0.495 e. The molecule has 1 saturated heterocycles. The molecule has 1 aliphatic rings. The van der Waals surface area contributed by atoms with Crippen LogP contribution in [0.1, 0.15) is 26.2 Å². The van der Waals surface area contributed by atoms with Crippen LogP contribution in [0.2, 0.25) is 5.02 Å². The van der Waals surface area contributed by atoms with E-state index in [9.17, 15) is 9.59 Å². The highest BCUT2D eigenvalue weighted by molar-refractivity contribution is 7.99. The van der Waals surface area contributed by atoms with Gasteiger partial charge in [0.2, 0.25) is 11.8 Å². The SMILES string of the molecule is CCCNC(=O)C1CCN(c2ccc(SCC(=O)Nc3ccc(OC)c(Cl)c3)nn2)CC1. The minimum absolute atomic E-state index is 0.0692. The van der Waals surface area contributed by atoms with E-state index < -0.39 is 0 Å². The fraction of sp³-hybridized carbons (Fsp3) is 0.455. The van der Waals surface area contributed by atoms with Gasteiger partial charge in [-0.25, -0.2) is 0 Å². The van der Waals surface area contributed by atoms with Crippen LogP contribution in [0.15, 0.2) is 35.4 Å². The van der Waals surface area contributed by atoms with E-state index >= 15 is 0 Å². The lowest BCUT2D eigenvalue weighted by Crippen LogP contribution is -2.41. The Hall–Kier alpha value is -2.52. The number of benzene rings is 1. The first kappa shape index (κ1) is 24.1. The van der Waals surface area contributed by atoms with Crippen LogP contribution in [0.4, 0.5) is 11.5 Å². The first-order valence-corrected chi connectivity index (χ1v) is 12.0. The Morgan fingerprint density at radius 3 is 2.62 bits per heavy atom. The van der Waals surface area contributed by atoms with Crippen molar-refractivity contribution in [2.24, 2.45) is 5.92 Å². The zero-order valence-electron chi connectivity index (χ0n) is 18.3. The van der Waals surface area contributed by atoms with Crippen LogP contribution >= 0.6 is 23.4 Å². The highest BCUT2D eigenvalue weighted by Crippen LogP contribution is 2.27. The Bertz CT molecular complexity index is 920. The molecule has 0 aliphatic carbocycles. The maximum atomic E-state index is 12.2. The number of anilines is 2. The molecule has 0 saturated carbocycles. The van der Waals surface area contributed by atoms with E-state index in [1.165, 1.54) is 18.9 Å². The molecule has 0 bridgehead atoms. The molecule has 2 aromatic rings. The third-order valence-corrected chi connectivity index (χ3v) is 6.37. The number of nitrogens with zero attached hydrogens (tertiary/aromatic N) is 3. The second kappa shape index (κ2) is 11.9. The lowest BCUT2D eigenvalue weighted by molar-refractivity contribution is -0.125. The molecule has 3 rings (SSSR count). The predicted octanol–water partition coefficient (Wildman–Crippen LogP) is 3.61. The summed E-state index contributed by atoms with van der Waals surface area (Å²) in [7, 11) is 1.54. The standard InChI is InChI=1S/C22H28ClN5O3S/c1-3-10-24-22(30)15-8-11-28(12-9-15)19-6-7-21(27-26-19)32-14-20(29)25-16-4-5-18(31-2)17(23)13-16/h4-7,13,15H,3,8-12,14H2,1-2H3,(H,24,30)(H,25,29).